The summed E-state index contributed by atoms with van der Waals surface area (Å²) >= 11 is 5.92. The molecule has 0 aliphatic rings. The SMILES string of the molecule is COc1ccc(Cl)cc1C(=O)NNC(=O)Cn1c(C)cc2ccccc21. The van der Waals surface area contributed by atoms with Gasteiger partial charge >= 0.3 is 0 Å². The zero-order valence-electron chi connectivity index (χ0n) is 14.4. The number of amides is 2. The minimum absolute atomic E-state index is 0.0896. The number of halogens is 1. The number of hydrazine groups is 1. The van der Waals surface area contributed by atoms with Crippen molar-refractivity contribution < 1.29 is 14.3 Å². The van der Waals surface area contributed by atoms with E-state index in [1.807, 2.05) is 41.8 Å². The fraction of sp³-hybridized carbons (Fsp3) is 0.158. The Hall–Kier alpha value is -2.99. The summed E-state index contributed by atoms with van der Waals surface area (Å²) in [6.45, 7) is 2.02. The largest absolute Gasteiger partial charge is 0.496 e. The molecule has 2 N–H and O–H groups in total. The first-order valence-corrected chi connectivity index (χ1v) is 8.35. The summed E-state index contributed by atoms with van der Waals surface area (Å²) in [6, 6.07) is 14.5. The molecule has 2 amide bonds. The van der Waals surface area contributed by atoms with Crippen LogP contribution in [-0.4, -0.2) is 23.5 Å². The topological polar surface area (TPSA) is 72.4 Å². The molecular formula is C19H18ClN3O3. The van der Waals surface area contributed by atoms with Gasteiger partial charge in [-0.15, -0.1) is 0 Å². The molecule has 0 unspecified atom stereocenters. The molecule has 0 spiro atoms. The van der Waals surface area contributed by atoms with E-state index >= 15 is 0 Å². The maximum atomic E-state index is 12.3. The molecule has 3 aromatic rings. The number of carbonyl (C=O) groups excluding carboxylic acids is 2. The Bertz CT molecular complexity index is 981. The molecule has 0 saturated carbocycles. The maximum absolute atomic E-state index is 12.3. The third-order valence-corrected chi connectivity index (χ3v) is 4.28. The fourth-order valence-electron chi connectivity index (χ4n) is 2.79. The zero-order valence-corrected chi connectivity index (χ0v) is 15.1. The van der Waals surface area contributed by atoms with Crippen molar-refractivity contribution in [2.24, 2.45) is 0 Å². The van der Waals surface area contributed by atoms with Gasteiger partial charge in [0.25, 0.3) is 11.8 Å². The molecule has 7 heteroatoms. The van der Waals surface area contributed by atoms with Crippen LogP contribution in [-0.2, 0) is 11.3 Å². The molecule has 0 saturated heterocycles. The van der Waals surface area contributed by atoms with Crippen molar-refractivity contribution in [3.63, 3.8) is 0 Å². The Labute approximate surface area is 155 Å². The van der Waals surface area contributed by atoms with Crippen LogP contribution in [0.25, 0.3) is 10.9 Å². The second-order valence-corrected chi connectivity index (χ2v) is 6.21. The molecular weight excluding hydrogens is 354 g/mol. The Morgan fingerprint density at radius 3 is 2.65 bits per heavy atom. The van der Waals surface area contributed by atoms with E-state index < -0.39 is 5.91 Å². The van der Waals surface area contributed by atoms with Crippen LogP contribution in [0.1, 0.15) is 16.1 Å². The molecule has 26 heavy (non-hydrogen) atoms. The standard InChI is InChI=1S/C19H18ClN3O3/c1-12-9-13-5-3-4-6-16(13)23(12)11-18(24)21-22-19(25)15-10-14(20)7-8-17(15)26-2/h3-10H,11H2,1-2H3,(H,21,24)(H,22,25). The molecule has 134 valence electrons. The van der Waals surface area contributed by atoms with Gasteiger partial charge in [0.15, 0.2) is 0 Å². The van der Waals surface area contributed by atoms with Crippen molar-refractivity contribution in [2.45, 2.75) is 13.5 Å². The number of hydrogen-bond donors (Lipinski definition) is 2. The van der Waals surface area contributed by atoms with Crippen molar-refractivity contribution in [1.29, 1.82) is 0 Å². The number of fused-ring (bicyclic) bond motifs is 1. The Morgan fingerprint density at radius 2 is 1.88 bits per heavy atom. The lowest BCUT2D eigenvalue weighted by atomic mass is 10.2. The minimum Gasteiger partial charge on any atom is -0.496 e. The molecule has 0 radical (unpaired) electrons. The third-order valence-electron chi connectivity index (χ3n) is 4.04. The maximum Gasteiger partial charge on any atom is 0.273 e. The van der Waals surface area contributed by atoms with E-state index in [4.69, 9.17) is 16.3 Å². The van der Waals surface area contributed by atoms with Crippen molar-refractivity contribution in [1.82, 2.24) is 15.4 Å². The highest BCUT2D eigenvalue weighted by molar-refractivity contribution is 6.31. The van der Waals surface area contributed by atoms with Gasteiger partial charge in [0, 0.05) is 16.2 Å². The first-order valence-electron chi connectivity index (χ1n) is 7.97. The number of hydrogen-bond acceptors (Lipinski definition) is 3. The van der Waals surface area contributed by atoms with Gasteiger partial charge in [0.2, 0.25) is 0 Å². The Kier molecular flexibility index (Phi) is 5.14. The molecule has 0 fully saturated rings. The second-order valence-electron chi connectivity index (χ2n) is 5.78. The summed E-state index contributed by atoms with van der Waals surface area (Å²) in [4.78, 5) is 24.6. The van der Waals surface area contributed by atoms with Gasteiger partial charge in [0.05, 0.1) is 12.7 Å². The van der Waals surface area contributed by atoms with Gasteiger partial charge in [-0.25, -0.2) is 0 Å². The number of carbonyl (C=O) groups is 2. The Balaban J connectivity index is 1.68. The molecule has 0 bridgehead atoms. The van der Waals surface area contributed by atoms with Crippen LogP contribution in [0.3, 0.4) is 0 Å². The molecule has 1 heterocycles. The molecule has 1 aromatic heterocycles. The molecule has 2 aromatic carbocycles. The van der Waals surface area contributed by atoms with Crippen LogP contribution < -0.4 is 15.6 Å². The van der Waals surface area contributed by atoms with Crippen LogP contribution >= 0.6 is 11.6 Å². The van der Waals surface area contributed by atoms with E-state index in [1.54, 1.807) is 12.1 Å². The number of aryl methyl sites for hydroxylation is 1. The zero-order chi connectivity index (χ0) is 18.7. The van der Waals surface area contributed by atoms with Crippen LogP contribution in [0.4, 0.5) is 0 Å². The van der Waals surface area contributed by atoms with Crippen molar-refractivity contribution in [2.75, 3.05) is 7.11 Å². The highest BCUT2D eigenvalue weighted by Gasteiger charge is 2.15. The highest BCUT2D eigenvalue weighted by atomic mass is 35.5. The number of ether oxygens (including phenoxy) is 1. The molecule has 3 rings (SSSR count). The van der Waals surface area contributed by atoms with Gasteiger partial charge < -0.3 is 9.30 Å². The van der Waals surface area contributed by atoms with Gasteiger partial charge in [-0.1, -0.05) is 29.8 Å². The van der Waals surface area contributed by atoms with Gasteiger partial charge in [-0.3, -0.25) is 20.4 Å². The second kappa shape index (κ2) is 7.49. The van der Waals surface area contributed by atoms with Crippen molar-refractivity contribution >= 4 is 34.3 Å². The van der Waals surface area contributed by atoms with E-state index in [2.05, 4.69) is 10.9 Å². The van der Waals surface area contributed by atoms with Crippen LogP contribution in [0, 0.1) is 6.92 Å². The lowest BCUT2D eigenvalue weighted by Gasteiger charge is -2.12. The number of rotatable bonds is 4. The molecule has 6 nitrogen and oxygen atoms in total. The fourth-order valence-corrected chi connectivity index (χ4v) is 2.96. The summed E-state index contributed by atoms with van der Waals surface area (Å²) in [5, 5.41) is 1.46. The summed E-state index contributed by atoms with van der Waals surface area (Å²) < 4.78 is 7.03. The summed E-state index contributed by atoms with van der Waals surface area (Å²) in [5.41, 5.74) is 6.98. The van der Waals surface area contributed by atoms with Gasteiger partial charge in [0.1, 0.15) is 12.3 Å². The van der Waals surface area contributed by atoms with Gasteiger partial charge in [-0.2, -0.15) is 0 Å². The number of nitrogens with one attached hydrogen (secondary N) is 2. The summed E-state index contributed by atoms with van der Waals surface area (Å²) in [7, 11) is 1.46. The predicted octanol–water partition coefficient (Wildman–Crippen LogP) is 3.07. The van der Waals surface area contributed by atoms with E-state index in [0.29, 0.717) is 10.8 Å². The smallest absolute Gasteiger partial charge is 0.273 e. The molecule has 0 atom stereocenters. The van der Waals surface area contributed by atoms with Crippen molar-refractivity contribution in [3.8, 4) is 5.75 Å². The summed E-state index contributed by atoms with van der Waals surface area (Å²) in [6.07, 6.45) is 0. The Morgan fingerprint density at radius 1 is 1.12 bits per heavy atom. The third kappa shape index (κ3) is 3.65. The van der Waals surface area contributed by atoms with Crippen molar-refractivity contribution in [3.05, 3.63) is 64.8 Å². The van der Waals surface area contributed by atoms with E-state index in [0.717, 1.165) is 16.6 Å². The van der Waals surface area contributed by atoms with Crippen LogP contribution in [0.2, 0.25) is 5.02 Å². The number of aromatic nitrogens is 1. The molecule has 0 aliphatic carbocycles. The lowest BCUT2D eigenvalue weighted by molar-refractivity contribution is -0.122. The number of para-hydroxylation sites is 1. The first kappa shape index (κ1) is 17.8. The highest BCUT2D eigenvalue weighted by Crippen LogP contribution is 2.22. The van der Waals surface area contributed by atoms with Crippen LogP contribution in [0.5, 0.6) is 5.75 Å². The monoisotopic (exact) mass is 371 g/mol. The summed E-state index contributed by atoms with van der Waals surface area (Å²) in [5.74, 6) is -0.482. The lowest BCUT2D eigenvalue weighted by Crippen LogP contribution is -2.43. The average molecular weight is 372 g/mol. The van der Waals surface area contributed by atoms with Crippen LogP contribution in [0.15, 0.2) is 48.5 Å². The first-order chi connectivity index (χ1) is 12.5. The number of methoxy groups -OCH3 is 1. The van der Waals surface area contributed by atoms with E-state index in [1.165, 1.54) is 13.2 Å². The molecule has 0 aliphatic heterocycles. The minimum atomic E-state index is -0.508. The average Bonchev–Trinajstić information content (AvgIpc) is 2.95. The van der Waals surface area contributed by atoms with E-state index in [9.17, 15) is 9.59 Å². The number of nitrogens with zero attached hydrogens (tertiary/aromatic N) is 1. The number of benzene rings is 2. The quantitative estimate of drug-likeness (QED) is 0.692. The normalized spacial score (nSPS) is 10.6. The van der Waals surface area contributed by atoms with Gasteiger partial charge in [-0.05, 0) is 42.6 Å². The van der Waals surface area contributed by atoms with E-state index in [-0.39, 0.29) is 18.0 Å². The predicted molar refractivity (Wildman–Crippen MR) is 100 cm³/mol.